The molecule has 0 aromatic rings. The Morgan fingerprint density at radius 3 is 2.29 bits per heavy atom. The highest BCUT2D eigenvalue weighted by Crippen LogP contribution is 2.13. The van der Waals surface area contributed by atoms with Gasteiger partial charge >= 0.3 is 0 Å². The molecule has 5 N–H and O–H groups in total. The van der Waals surface area contributed by atoms with Crippen LogP contribution in [0, 0.1) is 0 Å². The van der Waals surface area contributed by atoms with Crippen LogP contribution in [0.25, 0.3) is 0 Å². The number of nitrogens with one attached hydrogen (secondary N) is 2. The fourth-order valence-corrected chi connectivity index (χ4v) is 2.67. The highest BCUT2D eigenvalue weighted by molar-refractivity contribution is 5.75. The number of amides is 1. The summed E-state index contributed by atoms with van der Waals surface area (Å²) in [6, 6.07) is -0.939. The number of carbonyl (C=O) groups excluding carboxylic acids is 1. The van der Waals surface area contributed by atoms with Crippen molar-refractivity contribution in [2.45, 2.75) is 76.2 Å². The molecule has 1 saturated heterocycles. The van der Waals surface area contributed by atoms with E-state index in [0.717, 1.165) is 12.8 Å². The summed E-state index contributed by atoms with van der Waals surface area (Å²) in [4.78, 5) is 11.7. The van der Waals surface area contributed by atoms with Crippen LogP contribution in [0.4, 0.5) is 0 Å². The highest BCUT2D eigenvalue weighted by Gasteiger charge is 2.40. The van der Waals surface area contributed by atoms with Gasteiger partial charge in [0.1, 0.15) is 0 Å². The van der Waals surface area contributed by atoms with Gasteiger partial charge in [-0.15, -0.1) is 0 Å². The minimum atomic E-state index is -0.990. The lowest BCUT2D eigenvalue weighted by atomic mass is 10.1. The van der Waals surface area contributed by atoms with Gasteiger partial charge < -0.3 is 26.0 Å². The van der Waals surface area contributed by atoms with Crippen molar-refractivity contribution in [3.63, 3.8) is 0 Å². The maximum absolute atomic E-state index is 11.7. The summed E-state index contributed by atoms with van der Waals surface area (Å²) >= 11 is 0. The molecule has 1 heterocycles. The molecule has 0 aliphatic carbocycles. The zero-order chi connectivity index (χ0) is 15.7. The number of aliphatic hydroxyl groups is 3. The van der Waals surface area contributed by atoms with Crippen molar-refractivity contribution < 1.29 is 20.1 Å². The van der Waals surface area contributed by atoms with Gasteiger partial charge in [0.05, 0.1) is 30.9 Å². The third-order valence-corrected chi connectivity index (χ3v) is 4.08. The summed E-state index contributed by atoms with van der Waals surface area (Å²) in [5, 5.41) is 34.2. The van der Waals surface area contributed by atoms with Crippen LogP contribution in [0.2, 0.25) is 0 Å². The smallest absolute Gasteiger partial charge is 0.220 e. The van der Waals surface area contributed by atoms with Gasteiger partial charge in [-0.3, -0.25) is 4.79 Å². The van der Waals surface area contributed by atoms with Crippen LogP contribution >= 0.6 is 0 Å². The predicted molar refractivity (Wildman–Crippen MR) is 80.8 cm³/mol. The van der Waals surface area contributed by atoms with Crippen LogP contribution in [0.3, 0.4) is 0 Å². The molecular formula is C15H30N2O4. The lowest BCUT2D eigenvalue weighted by Gasteiger charge is -2.16. The minimum Gasteiger partial charge on any atom is -0.395 e. The maximum Gasteiger partial charge on any atom is 0.220 e. The van der Waals surface area contributed by atoms with Crippen LogP contribution in [-0.2, 0) is 4.79 Å². The third-order valence-electron chi connectivity index (χ3n) is 4.08. The summed E-state index contributed by atoms with van der Waals surface area (Å²) in [7, 11) is 0. The Kier molecular flexibility index (Phi) is 8.84. The van der Waals surface area contributed by atoms with E-state index in [-0.39, 0.29) is 19.1 Å². The average molecular weight is 302 g/mol. The van der Waals surface area contributed by atoms with Crippen molar-refractivity contribution in [1.29, 1.82) is 0 Å². The van der Waals surface area contributed by atoms with E-state index in [9.17, 15) is 15.0 Å². The molecule has 1 aliphatic heterocycles. The molecule has 6 nitrogen and oxygen atoms in total. The van der Waals surface area contributed by atoms with Crippen LogP contribution in [0.5, 0.6) is 0 Å². The molecule has 1 rings (SSSR count). The molecule has 4 atom stereocenters. The Morgan fingerprint density at radius 2 is 1.67 bits per heavy atom. The zero-order valence-electron chi connectivity index (χ0n) is 12.9. The lowest BCUT2D eigenvalue weighted by Crippen LogP contribution is -2.44. The average Bonchev–Trinajstić information content (AvgIpc) is 2.76. The van der Waals surface area contributed by atoms with E-state index >= 15 is 0 Å². The first kappa shape index (κ1) is 18.4. The molecule has 1 aliphatic rings. The molecule has 0 aromatic carbocycles. The van der Waals surface area contributed by atoms with Crippen molar-refractivity contribution in [2.24, 2.45) is 0 Å². The van der Waals surface area contributed by atoms with Gasteiger partial charge in [-0.25, -0.2) is 0 Å². The van der Waals surface area contributed by atoms with E-state index < -0.39 is 24.3 Å². The first-order chi connectivity index (χ1) is 10.1. The molecule has 0 spiro atoms. The second kappa shape index (κ2) is 10.1. The van der Waals surface area contributed by atoms with Crippen molar-refractivity contribution >= 4 is 5.91 Å². The Bertz CT molecular complexity index is 301. The Balaban J connectivity index is 2.10. The molecule has 0 radical (unpaired) electrons. The van der Waals surface area contributed by atoms with Crippen LogP contribution in [-0.4, -0.2) is 58.7 Å². The number of carbonyl (C=O) groups is 1. The van der Waals surface area contributed by atoms with Crippen molar-refractivity contribution in [3.8, 4) is 0 Å². The number of unbranched alkanes of at least 4 members (excludes halogenated alkanes) is 5. The Hall–Kier alpha value is -0.690. The van der Waals surface area contributed by atoms with Gasteiger partial charge in [0.15, 0.2) is 0 Å². The first-order valence-corrected chi connectivity index (χ1v) is 8.09. The minimum absolute atomic E-state index is 0.0265. The molecule has 1 fully saturated rings. The van der Waals surface area contributed by atoms with Crippen LogP contribution < -0.4 is 10.6 Å². The lowest BCUT2D eigenvalue weighted by molar-refractivity contribution is -0.121. The zero-order valence-corrected chi connectivity index (χ0v) is 12.9. The molecule has 6 heteroatoms. The van der Waals surface area contributed by atoms with E-state index in [1.807, 2.05) is 0 Å². The molecule has 21 heavy (non-hydrogen) atoms. The molecule has 0 aromatic heterocycles. The standard InChI is InChI=1S/C15H30N2O4/c1-2-3-4-5-6-7-8-13(19)16-9-11-14(20)15(21)12(10-18)17-11/h11-12,14-15,17-18,20-21H,2-10H2,1H3,(H,16,19)/t11-,12+,14+,15+/m0/s1. The summed E-state index contributed by atoms with van der Waals surface area (Å²) in [6.07, 6.45) is 5.39. The molecule has 0 saturated carbocycles. The Labute approximate surface area is 126 Å². The van der Waals surface area contributed by atoms with Crippen LogP contribution in [0.1, 0.15) is 51.9 Å². The van der Waals surface area contributed by atoms with Crippen molar-refractivity contribution in [3.05, 3.63) is 0 Å². The molecule has 0 unspecified atom stereocenters. The van der Waals surface area contributed by atoms with Crippen LogP contribution in [0.15, 0.2) is 0 Å². The highest BCUT2D eigenvalue weighted by atomic mass is 16.3. The number of hydrogen-bond acceptors (Lipinski definition) is 5. The van der Waals surface area contributed by atoms with Crippen molar-refractivity contribution in [2.75, 3.05) is 13.2 Å². The largest absolute Gasteiger partial charge is 0.395 e. The maximum atomic E-state index is 11.7. The number of rotatable bonds is 10. The Morgan fingerprint density at radius 1 is 1.05 bits per heavy atom. The van der Waals surface area contributed by atoms with Gasteiger partial charge in [-0.05, 0) is 6.42 Å². The second-order valence-electron chi connectivity index (χ2n) is 5.87. The number of aliphatic hydroxyl groups excluding tert-OH is 3. The normalized spacial score (nSPS) is 28.8. The summed E-state index contributed by atoms with van der Waals surface area (Å²) < 4.78 is 0. The van der Waals surface area contributed by atoms with Crippen molar-refractivity contribution in [1.82, 2.24) is 10.6 Å². The van der Waals surface area contributed by atoms with E-state index in [2.05, 4.69) is 17.6 Å². The van der Waals surface area contributed by atoms with Gasteiger partial charge in [0, 0.05) is 13.0 Å². The quantitative estimate of drug-likeness (QED) is 0.363. The summed E-state index contributed by atoms with van der Waals surface area (Å²) in [5.74, 6) is -0.0265. The third kappa shape index (κ3) is 6.30. The van der Waals surface area contributed by atoms with E-state index in [1.54, 1.807) is 0 Å². The summed E-state index contributed by atoms with van der Waals surface area (Å²) in [5.41, 5.74) is 0. The number of hydrogen-bond donors (Lipinski definition) is 5. The van der Waals surface area contributed by atoms with Gasteiger partial charge in [-0.2, -0.15) is 0 Å². The van der Waals surface area contributed by atoms with Gasteiger partial charge in [-0.1, -0.05) is 39.0 Å². The van der Waals surface area contributed by atoms with E-state index in [0.29, 0.717) is 6.42 Å². The van der Waals surface area contributed by atoms with Gasteiger partial charge in [0.25, 0.3) is 0 Å². The SMILES string of the molecule is CCCCCCCCC(=O)NC[C@@H]1N[C@H](CO)[C@@H](O)[C@@H]1O. The monoisotopic (exact) mass is 302 g/mol. The topological polar surface area (TPSA) is 102 Å². The molecular weight excluding hydrogens is 272 g/mol. The predicted octanol–water partition coefficient (Wildman–Crippen LogP) is -0.0923. The van der Waals surface area contributed by atoms with E-state index in [1.165, 1.54) is 25.7 Å². The second-order valence-corrected chi connectivity index (χ2v) is 5.87. The molecule has 0 bridgehead atoms. The molecule has 124 valence electrons. The van der Waals surface area contributed by atoms with Gasteiger partial charge in [0.2, 0.25) is 5.91 Å². The van der Waals surface area contributed by atoms with E-state index in [4.69, 9.17) is 5.11 Å². The fraction of sp³-hybridized carbons (Fsp3) is 0.933. The molecule has 1 amide bonds. The summed E-state index contributed by atoms with van der Waals surface area (Å²) in [6.45, 7) is 2.21. The fourth-order valence-electron chi connectivity index (χ4n) is 2.67. The first-order valence-electron chi connectivity index (χ1n) is 8.09.